The van der Waals surface area contributed by atoms with Crippen LogP contribution in [0.15, 0.2) is 72.8 Å². The van der Waals surface area contributed by atoms with Gasteiger partial charge in [-0.3, -0.25) is 0 Å². The Labute approximate surface area is 227 Å². The number of benzene rings is 3. The third kappa shape index (κ3) is 6.00. The molecule has 202 valence electrons. The van der Waals surface area contributed by atoms with Gasteiger partial charge in [-0.1, -0.05) is 67.8 Å². The lowest BCUT2D eigenvalue weighted by Crippen LogP contribution is -2.43. The molecule has 0 unspecified atom stereocenters. The molecule has 5 heteroatoms. The molecule has 1 aliphatic carbocycles. The first-order chi connectivity index (χ1) is 18.4. The summed E-state index contributed by atoms with van der Waals surface area (Å²) < 4.78 is 18.1. The van der Waals surface area contributed by atoms with Crippen LogP contribution in [0.2, 0.25) is 0 Å². The molecule has 1 fully saturated rings. The summed E-state index contributed by atoms with van der Waals surface area (Å²) in [6.07, 6.45) is 5.78. The van der Waals surface area contributed by atoms with Crippen molar-refractivity contribution in [1.29, 1.82) is 0 Å². The van der Waals surface area contributed by atoms with E-state index < -0.39 is 11.7 Å². The number of methoxy groups -OCH3 is 1. The lowest BCUT2D eigenvalue weighted by atomic mass is 9.68. The molecule has 3 aromatic carbocycles. The molecule has 0 bridgehead atoms. The highest BCUT2D eigenvalue weighted by molar-refractivity contribution is 5.52. The summed E-state index contributed by atoms with van der Waals surface area (Å²) in [5.74, 6) is 2.63. The topological polar surface area (TPSA) is 60.0 Å². The second kappa shape index (κ2) is 11.8. The SMILES string of the molecule is COc1ccc2c(c1)OC(C)(C)[C@@H](c1ccccc1)[C@@H]2c1ccc(OC[C@@H](O)CNC2CCCCC2)cc1. The van der Waals surface area contributed by atoms with E-state index in [9.17, 15) is 5.11 Å². The van der Waals surface area contributed by atoms with E-state index in [1.54, 1.807) is 7.11 Å². The van der Waals surface area contributed by atoms with Gasteiger partial charge >= 0.3 is 0 Å². The van der Waals surface area contributed by atoms with Crippen LogP contribution in [-0.2, 0) is 0 Å². The van der Waals surface area contributed by atoms with Crippen LogP contribution in [0.1, 0.15) is 74.5 Å². The lowest BCUT2D eigenvalue weighted by molar-refractivity contribution is 0.0528. The maximum absolute atomic E-state index is 10.5. The van der Waals surface area contributed by atoms with Crippen LogP contribution in [-0.4, -0.2) is 43.1 Å². The van der Waals surface area contributed by atoms with E-state index in [0.717, 1.165) is 22.8 Å². The van der Waals surface area contributed by atoms with Crippen molar-refractivity contribution in [2.75, 3.05) is 20.3 Å². The molecule has 0 radical (unpaired) electrons. The summed E-state index contributed by atoms with van der Waals surface area (Å²) in [6.45, 7) is 5.18. The highest BCUT2D eigenvalue weighted by Gasteiger charge is 2.45. The van der Waals surface area contributed by atoms with E-state index in [0.29, 0.717) is 12.6 Å². The molecule has 38 heavy (non-hydrogen) atoms. The fraction of sp³-hybridized carbons (Fsp3) is 0.455. The van der Waals surface area contributed by atoms with Crippen molar-refractivity contribution in [3.63, 3.8) is 0 Å². The van der Waals surface area contributed by atoms with Crippen LogP contribution >= 0.6 is 0 Å². The normalized spacial score (nSPS) is 21.7. The summed E-state index contributed by atoms with van der Waals surface area (Å²) in [5.41, 5.74) is 3.17. The Morgan fingerprint density at radius 2 is 1.63 bits per heavy atom. The van der Waals surface area contributed by atoms with Crippen LogP contribution in [0, 0.1) is 0 Å². The second-order valence-corrected chi connectivity index (χ2v) is 11.3. The van der Waals surface area contributed by atoms with Crippen molar-refractivity contribution in [2.45, 2.75) is 75.5 Å². The molecule has 1 heterocycles. The summed E-state index contributed by atoms with van der Waals surface area (Å²) in [7, 11) is 1.68. The van der Waals surface area contributed by atoms with Crippen molar-refractivity contribution < 1.29 is 19.3 Å². The highest BCUT2D eigenvalue weighted by Crippen LogP contribution is 2.53. The maximum atomic E-state index is 10.5. The first-order valence-electron chi connectivity index (χ1n) is 14.0. The van der Waals surface area contributed by atoms with Gasteiger partial charge in [0, 0.05) is 36.1 Å². The Morgan fingerprint density at radius 3 is 2.34 bits per heavy atom. The Balaban J connectivity index is 1.34. The van der Waals surface area contributed by atoms with E-state index in [2.05, 4.69) is 67.7 Å². The largest absolute Gasteiger partial charge is 0.497 e. The quantitative estimate of drug-likeness (QED) is 0.343. The summed E-state index contributed by atoms with van der Waals surface area (Å²) in [4.78, 5) is 0. The van der Waals surface area contributed by atoms with Gasteiger partial charge in [0.1, 0.15) is 35.6 Å². The standard InChI is InChI=1S/C33H41NO4/c1-33(2)32(24-10-6-4-7-11-24)31(29-19-18-28(36-3)20-30(29)38-33)23-14-16-27(17-15-23)37-22-26(35)21-34-25-12-8-5-9-13-25/h4,6-7,10-11,14-20,25-26,31-32,34-35H,5,8-9,12-13,21-22H2,1-3H3/t26-,31+,32-/m0/s1. The molecule has 3 atom stereocenters. The Kier molecular flexibility index (Phi) is 8.25. The Morgan fingerprint density at radius 1 is 0.921 bits per heavy atom. The number of fused-ring (bicyclic) bond motifs is 1. The predicted molar refractivity (Wildman–Crippen MR) is 152 cm³/mol. The average molecular weight is 516 g/mol. The first-order valence-corrected chi connectivity index (χ1v) is 14.0. The highest BCUT2D eigenvalue weighted by atomic mass is 16.5. The molecule has 5 nitrogen and oxygen atoms in total. The fourth-order valence-corrected chi connectivity index (χ4v) is 6.17. The first kappa shape index (κ1) is 26.6. The van der Waals surface area contributed by atoms with E-state index in [4.69, 9.17) is 14.2 Å². The number of nitrogens with one attached hydrogen (secondary N) is 1. The number of ether oxygens (including phenoxy) is 3. The van der Waals surface area contributed by atoms with Crippen molar-refractivity contribution in [3.05, 3.63) is 89.5 Å². The summed E-state index contributed by atoms with van der Waals surface area (Å²) in [5, 5.41) is 14.0. The van der Waals surface area contributed by atoms with Crippen LogP contribution < -0.4 is 19.5 Å². The zero-order valence-electron chi connectivity index (χ0n) is 22.9. The third-order valence-corrected chi connectivity index (χ3v) is 8.10. The van der Waals surface area contributed by atoms with Crippen molar-refractivity contribution >= 4 is 0 Å². The van der Waals surface area contributed by atoms with Crippen LogP contribution in [0.5, 0.6) is 17.2 Å². The second-order valence-electron chi connectivity index (χ2n) is 11.3. The van der Waals surface area contributed by atoms with Gasteiger partial charge in [-0.2, -0.15) is 0 Å². The minimum atomic E-state index is -0.530. The summed E-state index contributed by atoms with van der Waals surface area (Å²) >= 11 is 0. The van der Waals surface area contributed by atoms with Crippen LogP contribution in [0.25, 0.3) is 0 Å². The smallest absolute Gasteiger partial charge is 0.127 e. The molecule has 0 spiro atoms. The predicted octanol–water partition coefficient (Wildman–Crippen LogP) is 6.44. The third-order valence-electron chi connectivity index (χ3n) is 8.10. The van der Waals surface area contributed by atoms with Crippen molar-refractivity contribution in [1.82, 2.24) is 5.32 Å². The van der Waals surface area contributed by atoms with Gasteiger partial charge in [0.15, 0.2) is 0 Å². The molecule has 1 saturated carbocycles. The monoisotopic (exact) mass is 515 g/mol. The van der Waals surface area contributed by atoms with Gasteiger partial charge in [-0.05, 0) is 56.0 Å². The molecule has 5 rings (SSSR count). The Hall–Kier alpha value is -3.02. The molecular formula is C33H41NO4. The van der Waals surface area contributed by atoms with Crippen molar-refractivity contribution in [2.24, 2.45) is 0 Å². The molecule has 3 aromatic rings. The molecule has 0 amide bonds. The van der Waals surface area contributed by atoms with Gasteiger partial charge in [0.2, 0.25) is 0 Å². The average Bonchev–Trinajstić information content (AvgIpc) is 2.94. The number of aliphatic hydroxyl groups excluding tert-OH is 1. The molecule has 1 aliphatic heterocycles. The fourth-order valence-electron chi connectivity index (χ4n) is 6.17. The van der Waals surface area contributed by atoms with E-state index >= 15 is 0 Å². The number of hydrogen-bond acceptors (Lipinski definition) is 5. The van der Waals surface area contributed by atoms with Crippen LogP contribution in [0.3, 0.4) is 0 Å². The molecule has 0 aromatic heterocycles. The van der Waals surface area contributed by atoms with Gasteiger partial charge < -0.3 is 24.6 Å². The van der Waals surface area contributed by atoms with Gasteiger partial charge in [0.25, 0.3) is 0 Å². The Bertz CT molecular complexity index is 1170. The van der Waals surface area contributed by atoms with E-state index in [1.165, 1.54) is 43.2 Å². The van der Waals surface area contributed by atoms with E-state index in [-0.39, 0.29) is 18.4 Å². The summed E-state index contributed by atoms with van der Waals surface area (Å²) in [6, 6.07) is 25.6. The number of rotatable bonds is 9. The van der Waals surface area contributed by atoms with Crippen molar-refractivity contribution in [3.8, 4) is 17.2 Å². The van der Waals surface area contributed by atoms with Gasteiger partial charge in [0.05, 0.1) is 7.11 Å². The molecule has 2 N–H and O–H groups in total. The lowest BCUT2D eigenvalue weighted by Gasteiger charge is -2.45. The molecule has 2 aliphatic rings. The molecular weight excluding hydrogens is 474 g/mol. The zero-order chi connectivity index (χ0) is 26.5. The van der Waals surface area contributed by atoms with Gasteiger partial charge in [-0.25, -0.2) is 0 Å². The van der Waals surface area contributed by atoms with Crippen LogP contribution in [0.4, 0.5) is 0 Å². The van der Waals surface area contributed by atoms with E-state index in [1.807, 2.05) is 24.3 Å². The minimum absolute atomic E-state index is 0.0985. The molecule has 0 saturated heterocycles. The maximum Gasteiger partial charge on any atom is 0.127 e. The number of hydrogen-bond donors (Lipinski definition) is 2. The zero-order valence-corrected chi connectivity index (χ0v) is 22.9. The number of aliphatic hydroxyl groups is 1. The minimum Gasteiger partial charge on any atom is -0.497 e. The van der Waals surface area contributed by atoms with Gasteiger partial charge in [-0.15, -0.1) is 0 Å².